The molecule has 0 aliphatic rings. The summed E-state index contributed by atoms with van der Waals surface area (Å²) in [4.78, 5) is 1.47. The second-order valence-corrected chi connectivity index (χ2v) is 3.54. The molecule has 0 saturated heterocycles. The molecule has 0 aliphatic heterocycles. The predicted octanol–water partition coefficient (Wildman–Crippen LogP) is 2.66. The normalized spacial score (nSPS) is 12.0. The highest BCUT2D eigenvalue weighted by Gasteiger charge is 2.18. The van der Waals surface area contributed by atoms with Crippen molar-refractivity contribution in [2.75, 3.05) is 19.0 Å². The summed E-state index contributed by atoms with van der Waals surface area (Å²) in [7, 11) is 3.23. The Hall–Kier alpha value is -1.63. The predicted molar refractivity (Wildman–Crippen MR) is 54.7 cm³/mol. The Bertz CT molecular complexity index is 408. The summed E-state index contributed by atoms with van der Waals surface area (Å²) in [6.45, 7) is 1.65. The minimum Gasteiger partial charge on any atom is -0.375 e. The zero-order valence-electron chi connectivity index (χ0n) is 8.88. The molecular weight excluding hydrogens is 198 g/mol. The summed E-state index contributed by atoms with van der Waals surface area (Å²) in [5, 5.41) is 8.77. The lowest BCUT2D eigenvalue weighted by molar-refractivity contribution is 0.507. The van der Waals surface area contributed by atoms with Crippen molar-refractivity contribution in [3.63, 3.8) is 0 Å². The van der Waals surface area contributed by atoms with Crippen molar-refractivity contribution in [3.05, 3.63) is 29.3 Å². The summed E-state index contributed by atoms with van der Waals surface area (Å²) in [6, 6.07) is 4.50. The summed E-state index contributed by atoms with van der Waals surface area (Å²) in [5.41, 5.74) is 0.644. The van der Waals surface area contributed by atoms with E-state index >= 15 is 0 Å². The molecule has 0 radical (unpaired) electrons. The van der Waals surface area contributed by atoms with Crippen molar-refractivity contribution in [2.45, 2.75) is 12.8 Å². The van der Waals surface area contributed by atoms with Crippen molar-refractivity contribution < 1.29 is 8.78 Å². The van der Waals surface area contributed by atoms with E-state index in [1.807, 2.05) is 6.07 Å². The van der Waals surface area contributed by atoms with Crippen molar-refractivity contribution in [2.24, 2.45) is 0 Å². The molecule has 0 fully saturated rings. The maximum Gasteiger partial charge on any atom is 0.182 e. The van der Waals surface area contributed by atoms with Gasteiger partial charge >= 0.3 is 0 Å². The Morgan fingerprint density at radius 3 is 2.40 bits per heavy atom. The van der Waals surface area contributed by atoms with E-state index in [0.29, 0.717) is 5.56 Å². The van der Waals surface area contributed by atoms with Crippen molar-refractivity contribution in [1.82, 2.24) is 0 Å². The quantitative estimate of drug-likeness (QED) is 0.750. The second kappa shape index (κ2) is 4.26. The first-order valence-corrected chi connectivity index (χ1v) is 4.53. The van der Waals surface area contributed by atoms with Gasteiger partial charge < -0.3 is 4.90 Å². The van der Waals surface area contributed by atoms with E-state index in [2.05, 4.69) is 0 Å². The Kier molecular flexibility index (Phi) is 3.25. The SMILES string of the molecule is CC(C#N)c1ccc(F)c(F)c1N(C)C. The van der Waals surface area contributed by atoms with Gasteiger partial charge in [-0.25, -0.2) is 8.78 Å². The van der Waals surface area contributed by atoms with E-state index in [1.165, 1.54) is 11.0 Å². The smallest absolute Gasteiger partial charge is 0.182 e. The van der Waals surface area contributed by atoms with Crippen LogP contribution in [-0.2, 0) is 0 Å². The molecule has 4 heteroatoms. The third kappa shape index (κ3) is 2.07. The van der Waals surface area contributed by atoms with Crippen LogP contribution < -0.4 is 4.90 Å². The fourth-order valence-electron chi connectivity index (χ4n) is 1.43. The number of rotatable bonds is 2. The topological polar surface area (TPSA) is 27.0 Å². The van der Waals surface area contributed by atoms with E-state index in [-0.39, 0.29) is 5.69 Å². The minimum atomic E-state index is -0.903. The summed E-state index contributed by atoms with van der Waals surface area (Å²) < 4.78 is 26.5. The number of nitrogens with zero attached hydrogens (tertiary/aromatic N) is 2. The highest BCUT2D eigenvalue weighted by molar-refractivity contribution is 5.56. The number of hydrogen-bond acceptors (Lipinski definition) is 2. The third-order valence-electron chi connectivity index (χ3n) is 2.21. The van der Waals surface area contributed by atoms with Gasteiger partial charge in [0.1, 0.15) is 0 Å². The van der Waals surface area contributed by atoms with E-state index in [9.17, 15) is 8.78 Å². The van der Waals surface area contributed by atoms with E-state index in [1.54, 1.807) is 21.0 Å². The maximum absolute atomic E-state index is 13.5. The summed E-state index contributed by atoms with van der Waals surface area (Å²) in [6.07, 6.45) is 0. The van der Waals surface area contributed by atoms with Crippen molar-refractivity contribution in [1.29, 1.82) is 5.26 Å². The number of anilines is 1. The molecule has 1 aromatic carbocycles. The van der Waals surface area contributed by atoms with Crippen LogP contribution in [0.5, 0.6) is 0 Å². The Morgan fingerprint density at radius 1 is 1.33 bits per heavy atom. The van der Waals surface area contributed by atoms with Gasteiger partial charge in [-0.05, 0) is 18.6 Å². The lowest BCUT2D eigenvalue weighted by Gasteiger charge is -2.19. The molecule has 0 spiro atoms. The zero-order valence-corrected chi connectivity index (χ0v) is 8.88. The molecule has 80 valence electrons. The average Bonchev–Trinajstić information content (AvgIpc) is 2.20. The van der Waals surface area contributed by atoms with Gasteiger partial charge in [-0.2, -0.15) is 5.26 Å². The van der Waals surface area contributed by atoms with Crippen LogP contribution in [0, 0.1) is 23.0 Å². The fraction of sp³-hybridized carbons (Fsp3) is 0.364. The zero-order chi connectivity index (χ0) is 11.6. The molecule has 15 heavy (non-hydrogen) atoms. The van der Waals surface area contributed by atoms with Crippen LogP contribution in [-0.4, -0.2) is 14.1 Å². The molecule has 0 aliphatic carbocycles. The lowest BCUT2D eigenvalue weighted by Crippen LogP contribution is -2.15. The van der Waals surface area contributed by atoms with E-state index in [4.69, 9.17) is 5.26 Å². The Morgan fingerprint density at radius 2 is 1.93 bits per heavy atom. The highest BCUT2D eigenvalue weighted by atomic mass is 19.2. The van der Waals surface area contributed by atoms with Gasteiger partial charge in [0, 0.05) is 14.1 Å². The lowest BCUT2D eigenvalue weighted by atomic mass is 9.99. The van der Waals surface area contributed by atoms with Gasteiger partial charge in [0.25, 0.3) is 0 Å². The molecule has 0 amide bonds. The van der Waals surface area contributed by atoms with Crippen molar-refractivity contribution >= 4 is 5.69 Å². The molecule has 0 aromatic heterocycles. The van der Waals surface area contributed by atoms with Crippen LogP contribution in [0.1, 0.15) is 18.4 Å². The Balaban J connectivity index is 3.41. The van der Waals surface area contributed by atoms with Gasteiger partial charge in [0.05, 0.1) is 17.7 Å². The molecule has 1 unspecified atom stereocenters. The highest BCUT2D eigenvalue weighted by Crippen LogP contribution is 2.30. The van der Waals surface area contributed by atoms with Crippen LogP contribution in [0.25, 0.3) is 0 Å². The van der Waals surface area contributed by atoms with Crippen LogP contribution in [0.2, 0.25) is 0 Å². The van der Waals surface area contributed by atoms with Gasteiger partial charge in [-0.15, -0.1) is 0 Å². The molecule has 1 rings (SSSR count). The first-order valence-electron chi connectivity index (χ1n) is 4.53. The average molecular weight is 210 g/mol. The van der Waals surface area contributed by atoms with Crippen molar-refractivity contribution in [3.8, 4) is 6.07 Å². The number of nitriles is 1. The molecule has 0 bridgehead atoms. The van der Waals surface area contributed by atoms with Gasteiger partial charge in [-0.3, -0.25) is 0 Å². The van der Waals surface area contributed by atoms with Gasteiger partial charge in [0.2, 0.25) is 0 Å². The van der Waals surface area contributed by atoms with E-state index in [0.717, 1.165) is 6.07 Å². The maximum atomic E-state index is 13.5. The van der Waals surface area contributed by atoms with Crippen LogP contribution in [0.4, 0.5) is 14.5 Å². The van der Waals surface area contributed by atoms with Crippen LogP contribution in [0.15, 0.2) is 12.1 Å². The molecule has 1 atom stereocenters. The molecule has 1 aromatic rings. The number of halogens is 2. The third-order valence-corrected chi connectivity index (χ3v) is 2.21. The first kappa shape index (κ1) is 11.4. The monoisotopic (exact) mass is 210 g/mol. The number of benzene rings is 1. The largest absolute Gasteiger partial charge is 0.375 e. The van der Waals surface area contributed by atoms with E-state index < -0.39 is 17.6 Å². The summed E-state index contributed by atoms with van der Waals surface area (Å²) in [5.74, 6) is -2.26. The van der Waals surface area contributed by atoms with Crippen LogP contribution >= 0.6 is 0 Å². The number of hydrogen-bond donors (Lipinski definition) is 0. The van der Waals surface area contributed by atoms with Gasteiger partial charge in [-0.1, -0.05) is 6.07 Å². The second-order valence-electron chi connectivity index (χ2n) is 3.54. The molecule has 0 saturated carbocycles. The summed E-state index contributed by atoms with van der Waals surface area (Å²) >= 11 is 0. The molecule has 0 N–H and O–H groups in total. The fourth-order valence-corrected chi connectivity index (χ4v) is 1.43. The minimum absolute atomic E-state index is 0.143. The van der Waals surface area contributed by atoms with Gasteiger partial charge in [0.15, 0.2) is 11.6 Å². The molecular formula is C11H12F2N2. The molecule has 0 heterocycles. The molecule has 2 nitrogen and oxygen atoms in total. The standard InChI is InChI=1S/C11H12F2N2/c1-7(6-14)8-4-5-9(12)10(13)11(8)15(2)3/h4-5,7H,1-3H3. The first-order chi connectivity index (χ1) is 6.99. The Labute approximate surface area is 87.7 Å². The van der Waals surface area contributed by atoms with Crippen LogP contribution in [0.3, 0.4) is 0 Å².